The van der Waals surface area contributed by atoms with E-state index in [9.17, 15) is 0 Å². The molecule has 4 aliphatic heterocycles. The zero-order valence-corrected chi connectivity index (χ0v) is 12.9. The number of hydrogen-bond acceptors (Lipinski definition) is 3. The lowest BCUT2D eigenvalue weighted by atomic mass is 9.80. The van der Waals surface area contributed by atoms with Gasteiger partial charge in [-0.1, -0.05) is 19.3 Å². The molecular formula is C17H31N3. The van der Waals surface area contributed by atoms with Crippen molar-refractivity contribution < 1.29 is 0 Å². The maximum Gasteiger partial charge on any atom is 0.0253 e. The smallest absolute Gasteiger partial charge is 0.0253 e. The van der Waals surface area contributed by atoms with Crippen LogP contribution in [0.5, 0.6) is 0 Å². The third-order valence-electron chi connectivity index (χ3n) is 6.55. The molecule has 2 bridgehead atoms. The minimum Gasteiger partial charge on any atom is -0.311 e. The van der Waals surface area contributed by atoms with Crippen molar-refractivity contribution in [2.45, 2.75) is 57.0 Å². The minimum absolute atomic E-state index is 0.791. The van der Waals surface area contributed by atoms with Crippen LogP contribution in [0, 0.1) is 11.8 Å². The van der Waals surface area contributed by atoms with Crippen LogP contribution in [0.3, 0.4) is 0 Å². The minimum atomic E-state index is 0.791. The Morgan fingerprint density at radius 3 is 2.25 bits per heavy atom. The fraction of sp³-hybridized carbons (Fsp3) is 1.00. The predicted molar refractivity (Wildman–Crippen MR) is 82.9 cm³/mol. The van der Waals surface area contributed by atoms with E-state index in [1.54, 1.807) is 0 Å². The Balaban J connectivity index is 1.39. The number of nitrogens with zero attached hydrogens (tertiary/aromatic N) is 2. The first-order chi connectivity index (χ1) is 9.90. The van der Waals surface area contributed by atoms with Crippen molar-refractivity contribution >= 4 is 0 Å². The molecule has 5 rings (SSSR count). The molecule has 0 spiro atoms. The summed E-state index contributed by atoms with van der Waals surface area (Å²) in [5.74, 6) is 1.97. The summed E-state index contributed by atoms with van der Waals surface area (Å²) < 4.78 is 0. The highest BCUT2D eigenvalue weighted by Gasteiger charge is 2.39. The summed E-state index contributed by atoms with van der Waals surface area (Å²) in [5, 5.41) is 3.85. The van der Waals surface area contributed by atoms with Gasteiger partial charge in [0.1, 0.15) is 0 Å². The molecule has 3 nitrogen and oxygen atoms in total. The van der Waals surface area contributed by atoms with Gasteiger partial charge in [-0.15, -0.1) is 0 Å². The highest BCUT2D eigenvalue weighted by atomic mass is 15.3. The lowest BCUT2D eigenvalue weighted by molar-refractivity contribution is -0.0121. The Bertz CT molecular complexity index is 318. The first-order valence-corrected chi connectivity index (χ1v) is 9.10. The monoisotopic (exact) mass is 277 g/mol. The van der Waals surface area contributed by atoms with Crippen molar-refractivity contribution in [1.29, 1.82) is 0 Å². The van der Waals surface area contributed by atoms with Crippen LogP contribution in [0.25, 0.3) is 0 Å². The maximum absolute atomic E-state index is 3.85. The van der Waals surface area contributed by atoms with E-state index in [1.165, 1.54) is 84.2 Å². The van der Waals surface area contributed by atoms with Gasteiger partial charge < -0.3 is 10.2 Å². The summed E-state index contributed by atoms with van der Waals surface area (Å²) in [6.07, 6.45) is 10.3. The average molecular weight is 277 g/mol. The van der Waals surface area contributed by atoms with Crippen LogP contribution in [0.1, 0.15) is 44.9 Å². The van der Waals surface area contributed by atoms with E-state index < -0.39 is 0 Å². The Labute approximate surface area is 124 Å². The van der Waals surface area contributed by atoms with Crippen molar-refractivity contribution in [3.63, 3.8) is 0 Å². The molecular weight excluding hydrogens is 246 g/mol. The largest absolute Gasteiger partial charge is 0.311 e. The summed E-state index contributed by atoms with van der Waals surface area (Å²) in [6.45, 7) is 7.96. The molecule has 1 aliphatic carbocycles. The van der Waals surface area contributed by atoms with Gasteiger partial charge in [0, 0.05) is 38.3 Å². The highest BCUT2D eigenvalue weighted by Crippen LogP contribution is 2.33. The molecule has 114 valence electrons. The second-order valence-corrected chi connectivity index (χ2v) is 7.66. The molecule has 0 aromatic heterocycles. The van der Waals surface area contributed by atoms with Crippen LogP contribution < -0.4 is 5.32 Å². The first-order valence-electron chi connectivity index (χ1n) is 9.10. The number of piperazine rings is 1. The molecule has 5 aliphatic rings. The standard InChI is InChI=1S/C17H31N3/c1-2-4-14(5-3-1)16-12-20(11-8-18-16)17-13-19-9-6-15(17)7-10-19/h14-18H,1-13H2. The summed E-state index contributed by atoms with van der Waals surface area (Å²) in [7, 11) is 0. The Morgan fingerprint density at radius 2 is 1.55 bits per heavy atom. The SMILES string of the molecule is C1CCC(C2CN(C3CN4CCC3CC4)CCN2)CC1. The van der Waals surface area contributed by atoms with E-state index in [1.807, 2.05) is 0 Å². The predicted octanol–water partition coefficient (Wildman–Crippen LogP) is 1.93. The van der Waals surface area contributed by atoms with E-state index in [0.717, 1.165) is 23.9 Å². The van der Waals surface area contributed by atoms with Gasteiger partial charge in [0.2, 0.25) is 0 Å². The molecule has 0 aromatic carbocycles. The van der Waals surface area contributed by atoms with Crippen LogP contribution in [-0.4, -0.2) is 61.2 Å². The van der Waals surface area contributed by atoms with Crippen LogP contribution in [0.15, 0.2) is 0 Å². The first kappa shape index (κ1) is 13.5. The molecule has 20 heavy (non-hydrogen) atoms. The number of rotatable bonds is 2. The molecule has 1 saturated carbocycles. The quantitative estimate of drug-likeness (QED) is 0.832. The molecule has 0 amide bonds. The number of nitrogens with one attached hydrogen (secondary N) is 1. The third kappa shape index (κ3) is 2.65. The average Bonchev–Trinajstić information content (AvgIpc) is 2.57. The normalized spacial score (nSPS) is 43.8. The third-order valence-corrected chi connectivity index (χ3v) is 6.55. The molecule has 5 fully saturated rings. The van der Waals surface area contributed by atoms with Gasteiger partial charge in [0.25, 0.3) is 0 Å². The maximum atomic E-state index is 3.85. The van der Waals surface area contributed by atoms with E-state index in [-0.39, 0.29) is 0 Å². The topological polar surface area (TPSA) is 18.5 Å². The lowest BCUT2D eigenvalue weighted by Crippen LogP contribution is -2.63. The fourth-order valence-electron chi connectivity index (χ4n) is 5.30. The molecule has 4 saturated heterocycles. The molecule has 3 heteroatoms. The summed E-state index contributed by atoms with van der Waals surface area (Å²) in [5.41, 5.74) is 0. The van der Waals surface area contributed by atoms with Gasteiger partial charge in [-0.05, 0) is 50.6 Å². The molecule has 1 N–H and O–H groups in total. The van der Waals surface area contributed by atoms with Crippen LogP contribution in [0.4, 0.5) is 0 Å². The summed E-state index contributed by atoms with van der Waals surface area (Å²) >= 11 is 0. The molecule has 2 atom stereocenters. The van der Waals surface area contributed by atoms with E-state index in [2.05, 4.69) is 15.1 Å². The zero-order valence-electron chi connectivity index (χ0n) is 12.9. The van der Waals surface area contributed by atoms with Gasteiger partial charge in [-0.3, -0.25) is 4.90 Å². The van der Waals surface area contributed by atoms with Gasteiger partial charge in [-0.25, -0.2) is 0 Å². The second-order valence-electron chi connectivity index (χ2n) is 7.66. The van der Waals surface area contributed by atoms with Gasteiger partial charge in [0.15, 0.2) is 0 Å². The van der Waals surface area contributed by atoms with E-state index in [4.69, 9.17) is 0 Å². The van der Waals surface area contributed by atoms with E-state index in [0.29, 0.717) is 0 Å². The zero-order chi connectivity index (χ0) is 13.4. The second kappa shape index (κ2) is 5.94. The van der Waals surface area contributed by atoms with Crippen molar-refractivity contribution in [1.82, 2.24) is 15.1 Å². The molecule has 2 unspecified atom stereocenters. The van der Waals surface area contributed by atoms with Crippen molar-refractivity contribution in [3.8, 4) is 0 Å². The Kier molecular flexibility index (Phi) is 4.02. The highest BCUT2D eigenvalue weighted by molar-refractivity contribution is 4.96. The lowest BCUT2D eigenvalue weighted by Gasteiger charge is -2.51. The number of piperidine rings is 3. The fourth-order valence-corrected chi connectivity index (χ4v) is 5.30. The van der Waals surface area contributed by atoms with Gasteiger partial charge in [-0.2, -0.15) is 0 Å². The molecule has 0 radical (unpaired) electrons. The van der Waals surface area contributed by atoms with Crippen molar-refractivity contribution in [3.05, 3.63) is 0 Å². The number of hydrogen-bond donors (Lipinski definition) is 1. The molecule has 0 aromatic rings. The Hall–Kier alpha value is -0.120. The van der Waals surface area contributed by atoms with Gasteiger partial charge >= 0.3 is 0 Å². The summed E-state index contributed by atoms with van der Waals surface area (Å²) in [4.78, 5) is 5.58. The van der Waals surface area contributed by atoms with Crippen molar-refractivity contribution in [2.24, 2.45) is 11.8 Å². The van der Waals surface area contributed by atoms with Crippen LogP contribution in [-0.2, 0) is 0 Å². The number of fused-ring (bicyclic) bond motifs is 3. The summed E-state index contributed by atoms with van der Waals surface area (Å²) in [6, 6.07) is 1.67. The van der Waals surface area contributed by atoms with Crippen LogP contribution in [0.2, 0.25) is 0 Å². The van der Waals surface area contributed by atoms with Crippen LogP contribution >= 0.6 is 0 Å². The Morgan fingerprint density at radius 1 is 0.750 bits per heavy atom. The van der Waals surface area contributed by atoms with Gasteiger partial charge in [0.05, 0.1) is 0 Å². The van der Waals surface area contributed by atoms with E-state index >= 15 is 0 Å². The van der Waals surface area contributed by atoms with Crippen molar-refractivity contribution in [2.75, 3.05) is 39.3 Å². The molecule has 4 heterocycles.